The average molecular weight is 202 g/mol. The van der Waals surface area contributed by atoms with Crippen molar-refractivity contribution in [3.05, 3.63) is 12.2 Å². The van der Waals surface area contributed by atoms with E-state index in [1.165, 1.54) is 7.11 Å². The second-order valence-corrected chi connectivity index (χ2v) is 3.03. The number of methoxy groups -OCH3 is 1. The SMILES string of the molecule is C1CO1.C=C(C)C(=O)OC.CC1CO1. The van der Waals surface area contributed by atoms with Crippen molar-refractivity contribution >= 4 is 5.97 Å². The fraction of sp³-hybridized carbons (Fsp3) is 0.700. The lowest BCUT2D eigenvalue weighted by atomic mass is 10.4. The summed E-state index contributed by atoms with van der Waals surface area (Å²) in [6.07, 6.45) is 0.583. The molecule has 0 spiro atoms. The van der Waals surface area contributed by atoms with Crippen LogP contribution >= 0.6 is 0 Å². The highest BCUT2D eigenvalue weighted by atomic mass is 16.6. The van der Waals surface area contributed by atoms with Crippen molar-refractivity contribution < 1.29 is 19.0 Å². The van der Waals surface area contributed by atoms with E-state index in [4.69, 9.17) is 4.74 Å². The third kappa shape index (κ3) is 13.7. The van der Waals surface area contributed by atoms with E-state index in [0.717, 1.165) is 19.8 Å². The van der Waals surface area contributed by atoms with Crippen LogP contribution in [0.2, 0.25) is 0 Å². The first-order valence-corrected chi connectivity index (χ1v) is 4.51. The van der Waals surface area contributed by atoms with Crippen LogP contribution < -0.4 is 0 Å². The Balaban J connectivity index is 0.000000199. The predicted molar refractivity (Wildman–Crippen MR) is 53.1 cm³/mol. The maximum Gasteiger partial charge on any atom is 0.332 e. The lowest BCUT2D eigenvalue weighted by Crippen LogP contribution is -1.98. The van der Waals surface area contributed by atoms with Gasteiger partial charge in [0.2, 0.25) is 0 Å². The predicted octanol–water partition coefficient (Wildman–Crippen LogP) is 1.16. The molecule has 0 amide bonds. The van der Waals surface area contributed by atoms with Gasteiger partial charge in [-0.25, -0.2) is 4.79 Å². The largest absolute Gasteiger partial charge is 0.466 e. The summed E-state index contributed by atoms with van der Waals surface area (Å²) in [5.74, 6) is -0.347. The Kier molecular flexibility index (Phi) is 7.06. The minimum atomic E-state index is -0.347. The van der Waals surface area contributed by atoms with Gasteiger partial charge < -0.3 is 14.2 Å². The Morgan fingerprint density at radius 1 is 1.50 bits per heavy atom. The van der Waals surface area contributed by atoms with Crippen LogP contribution in [0.25, 0.3) is 0 Å². The standard InChI is InChI=1S/C5H8O2.C3H6O.C2H4O/c1-4(2)5(6)7-3;1-3-2-4-3;1-2-3-1/h1H2,2-3H3;3H,2H2,1H3;1-2H2. The molecule has 0 radical (unpaired) electrons. The van der Waals surface area contributed by atoms with Gasteiger partial charge in [0.15, 0.2) is 0 Å². The molecule has 0 N–H and O–H groups in total. The smallest absolute Gasteiger partial charge is 0.332 e. The molecule has 0 aromatic heterocycles. The third-order valence-electron chi connectivity index (χ3n) is 1.24. The number of esters is 1. The molecule has 0 aromatic rings. The molecular weight excluding hydrogens is 184 g/mol. The molecule has 0 aliphatic carbocycles. The molecule has 2 rings (SSSR count). The summed E-state index contributed by atoms with van der Waals surface area (Å²) in [5, 5.41) is 0. The summed E-state index contributed by atoms with van der Waals surface area (Å²) in [6.45, 7) is 10.00. The Labute approximate surface area is 84.8 Å². The average Bonchev–Trinajstić information content (AvgIpc) is 2.96. The lowest BCUT2D eigenvalue weighted by Gasteiger charge is -1.91. The molecule has 1 unspecified atom stereocenters. The maximum atomic E-state index is 10.2. The Morgan fingerprint density at radius 3 is 1.86 bits per heavy atom. The van der Waals surface area contributed by atoms with Gasteiger partial charge >= 0.3 is 5.97 Å². The van der Waals surface area contributed by atoms with Gasteiger partial charge in [-0.3, -0.25) is 0 Å². The Hall–Kier alpha value is -0.870. The van der Waals surface area contributed by atoms with E-state index < -0.39 is 0 Å². The first-order valence-electron chi connectivity index (χ1n) is 4.51. The third-order valence-corrected chi connectivity index (χ3v) is 1.24. The summed E-state index contributed by atoms with van der Waals surface area (Å²) < 4.78 is 13.5. The van der Waals surface area contributed by atoms with Crippen molar-refractivity contribution in [1.82, 2.24) is 0 Å². The number of carbonyl (C=O) groups excluding carboxylic acids is 1. The van der Waals surface area contributed by atoms with E-state index >= 15 is 0 Å². The zero-order valence-corrected chi connectivity index (χ0v) is 9.04. The molecule has 2 aliphatic rings. The highest BCUT2D eigenvalue weighted by Gasteiger charge is 2.13. The number of carbonyl (C=O) groups is 1. The van der Waals surface area contributed by atoms with Crippen LogP contribution in [-0.2, 0) is 19.0 Å². The van der Waals surface area contributed by atoms with Crippen molar-refractivity contribution in [3.8, 4) is 0 Å². The van der Waals surface area contributed by atoms with Crippen LogP contribution in [0, 0.1) is 0 Å². The molecular formula is C10H18O4. The zero-order chi connectivity index (χ0) is 11.0. The molecule has 2 heterocycles. The molecule has 82 valence electrons. The van der Waals surface area contributed by atoms with Gasteiger partial charge in [-0.15, -0.1) is 0 Å². The molecule has 2 aliphatic heterocycles. The summed E-state index contributed by atoms with van der Waals surface area (Å²) in [7, 11) is 1.33. The van der Waals surface area contributed by atoms with Crippen LogP contribution in [0.15, 0.2) is 12.2 Å². The summed E-state index contributed by atoms with van der Waals surface area (Å²) in [6, 6.07) is 0. The summed E-state index contributed by atoms with van der Waals surface area (Å²) in [4.78, 5) is 10.2. The van der Waals surface area contributed by atoms with Crippen LogP contribution in [0.1, 0.15) is 13.8 Å². The normalized spacial score (nSPS) is 20.4. The molecule has 4 heteroatoms. The van der Waals surface area contributed by atoms with Crippen molar-refractivity contribution in [2.45, 2.75) is 20.0 Å². The number of hydrogen-bond donors (Lipinski definition) is 0. The van der Waals surface area contributed by atoms with Crippen molar-refractivity contribution in [2.24, 2.45) is 0 Å². The number of rotatable bonds is 1. The molecule has 0 saturated carbocycles. The second-order valence-electron chi connectivity index (χ2n) is 3.03. The highest BCUT2D eigenvalue weighted by Crippen LogP contribution is 2.04. The van der Waals surface area contributed by atoms with Gasteiger partial charge in [-0.1, -0.05) is 6.58 Å². The lowest BCUT2D eigenvalue weighted by molar-refractivity contribution is -0.136. The van der Waals surface area contributed by atoms with E-state index in [-0.39, 0.29) is 5.97 Å². The topological polar surface area (TPSA) is 51.4 Å². The van der Waals surface area contributed by atoms with Gasteiger partial charge in [0.1, 0.15) is 0 Å². The molecule has 0 aromatic carbocycles. The van der Waals surface area contributed by atoms with Crippen molar-refractivity contribution in [2.75, 3.05) is 26.9 Å². The first kappa shape index (κ1) is 13.1. The van der Waals surface area contributed by atoms with Gasteiger partial charge in [-0.2, -0.15) is 0 Å². The minimum Gasteiger partial charge on any atom is -0.466 e. The van der Waals surface area contributed by atoms with E-state index in [9.17, 15) is 4.79 Å². The quantitative estimate of drug-likeness (QED) is 0.363. The van der Waals surface area contributed by atoms with Crippen LogP contribution in [0.5, 0.6) is 0 Å². The first-order chi connectivity index (χ1) is 6.57. The van der Waals surface area contributed by atoms with Crippen LogP contribution in [-0.4, -0.2) is 39.0 Å². The van der Waals surface area contributed by atoms with E-state index in [1.54, 1.807) is 6.92 Å². The van der Waals surface area contributed by atoms with Crippen molar-refractivity contribution in [1.29, 1.82) is 0 Å². The molecule has 2 fully saturated rings. The highest BCUT2D eigenvalue weighted by molar-refractivity contribution is 5.86. The Morgan fingerprint density at radius 2 is 1.86 bits per heavy atom. The molecule has 4 nitrogen and oxygen atoms in total. The van der Waals surface area contributed by atoms with Crippen molar-refractivity contribution in [3.63, 3.8) is 0 Å². The van der Waals surface area contributed by atoms with E-state index in [1.807, 2.05) is 0 Å². The monoisotopic (exact) mass is 202 g/mol. The van der Waals surface area contributed by atoms with Gasteiger partial charge in [0.05, 0.1) is 33.0 Å². The number of hydrogen-bond acceptors (Lipinski definition) is 4. The fourth-order valence-electron chi connectivity index (χ4n) is 0.270. The molecule has 1 atom stereocenters. The van der Waals surface area contributed by atoms with Gasteiger partial charge in [-0.05, 0) is 13.8 Å². The number of epoxide rings is 2. The van der Waals surface area contributed by atoms with Crippen LogP contribution in [0.3, 0.4) is 0 Å². The summed E-state index contributed by atoms with van der Waals surface area (Å²) in [5.41, 5.74) is 0.433. The Bertz CT molecular complexity index is 180. The van der Waals surface area contributed by atoms with E-state index in [0.29, 0.717) is 11.7 Å². The minimum absolute atomic E-state index is 0.347. The maximum absolute atomic E-state index is 10.2. The van der Waals surface area contributed by atoms with Gasteiger partial charge in [0, 0.05) is 5.57 Å². The van der Waals surface area contributed by atoms with Gasteiger partial charge in [0.25, 0.3) is 0 Å². The molecule has 0 bridgehead atoms. The summed E-state index contributed by atoms with van der Waals surface area (Å²) >= 11 is 0. The molecule has 2 saturated heterocycles. The van der Waals surface area contributed by atoms with E-state index in [2.05, 4.69) is 23.0 Å². The van der Waals surface area contributed by atoms with Crippen LogP contribution in [0.4, 0.5) is 0 Å². The second kappa shape index (κ2) is 7.53. The molecule has 14 heavy (non-hydrogen) atoms. The zero-order valence-electron chi connectivity index (χ0n) is 9.04. The number of ether oxygens (including phenoxy) is 3. The fourth-order valence-corrected chi connectivity index (χ4v) is 0.270.